The lowest BCUT2D eigenvalue weighted by Crippen LogP contribution is -2.39. The summed E-state index contributed by atoms with van der Waals surface area (Å²) in [5, 5.41) is 22.5. The SMILES string of the molecule is CC(C)(C)OC(=O)N1CCc2cc(C(=O)Nc3nnc(COc4ccccc4Cl)s3)ccc2C1.Nc1nnc(Cc2ccccc2-c2ccccc2Cl)s1. The monoisotopic (exact) mass is 801 g/mol. The first-order valence-corrected chi connectivity index (χ1v) is 19.3. The van der Waals surface area contributed by atoms with Gasteiger partial charge in [0, 0.05) is 35.7 Å². The summed E-state index contributed by atoms with van der Waals surface area (Å²) in [4.78, 5) is 26.8. The van der Waals surface area contributed by atoms with Crippen LogP contribution in [0.2, 0.25) is 10.0 Å². The van der Waals surface area contributed by atoms with Crippen molar-refractivity contribution < 1.29 is 19.1 Å². The number of halogens is 2. The van der Waals surface area contributed by atoms with Crippen LogP contribution in [0, 0.1) is 0 Å². The number of amides is 2. The lowest BCUT2D eigenvalue weighted by atomic mass is 9.97. The minimum Gasteiger partial charge on any atom is -0.485 e. The highest BCUT2D eigenvalue weighted by atomic mass is 35.5. The highest BCUT2D eigenvalue weighted by molar-refractivity contribution is 7.15. The van der Waals surface area contributed by atoms with Crippen LogP contribution in [0.5, 0.6) is 5.75 Å². The van der Waals surface area contributed by atoms with Gasteiger partial charge in [-0.15, -0.1) is 20.4 Å². The van der Waals surface area contributed by atoms with E-state index in [1.165, 1.54) is 22.7 Å². The maximum Gasteiger partial charge on any atom is 0.410 e. The Balaban J connectivity index is 0.000000210. The smallest absolute Gasteiger partial charge is 0.410 e. The summed E-state index contributed by atoms with van der Waals surface area (Å²) in [6, 6.07) is 28.7. The van der Waals surface area contributed by atoms with Gasteiger partial charge in [-0.25, -0.2) is 4.79 Å². The van der Waals surface area contributed by atoms with Gasteiger partial charge in [-0.2, -0.15) is 0 Å². The third-order valence-electron chi connectivity index (χ3n) is 8.01. The molecule has 0 spiro atoms. The van der Waals surface area contributed by atoms with Gasteiger partial charge in [0.15, 0.2) is 5.01 Å². The molecule has 6 aromatic rings. The molecule has 2 amide bonds. The van der Waals surface area contributed by atoms with Gasteiger partial charge in [-0.3, -0.25) is 10.1 Å². The number of nitrogen functional groups attached to an aromatic ring is 1. The molecule has 11 nitrogen and oxygen atoms in total. The van der Waals surface area contributed by atoms with Gasteiger partial charge in [-0.05, 0) is 79.8 Å². The fraction of sp³-hybridized carbons (Fsp3) is 0.231. The molecule has 0 bridgehead atoms. The Morgan fingerprint density at radius 2 is 1.54 bits per heavy atom. The minimum atomic E-state index is -0.537. The number of ether oxygens (including phenoxy) is 2. The largest absolute Gasteiger partial charge is 0.485 e. The number of rotatable bonds is 8. The number of carbonyl (C=O) groups is 2. The fourth-order valence-electron chi connectivity index (χ4n) is 5.53. The van der Waals surface area contributed by atoms with E-state index in [9.17, 15) is 9.59 Å². The van der Waals surface area contributed by atoms with E-state index in [1.807, 2.05) is 81.4 Å². The molecule has 2 aromatic heterocycles. The number of nitrogens with two attached hydrogens (primary N) is 1. The number of para-hydroxylation sites is 1. The molecular weight excluding hydrogens is 766 g/mol. The van der Waals surface area contributed by atoms with Crippen molar-refractivity contribution in [3.05, 3.63) is 133 Å². The number of nitrogens with zero attached hydrogens (tertiary/aromatic N) is 5. The summed E-state index contributed by atoms with van der Waals surface area (Å²) in [5.41, 5.74) is 11.0. The van der Waals surface area contributed by atoms with Crippen molar-refractivity contribution in [2.24, 2.45) is 0 Å². The van der Waals surface area contributed by atoms with Crippen LogP contribution in [-0.4, -0.2) is 49.4 Å². The van der Waals surface area contributed by atoms with Crippen molar-refractivity contribution in [1.29, 1.82) is 0 Å². The van der Waals surface area contributed by atoms with Gasteiger partial charge in [-0.1, -0.05) is 107 Å². The van der Waals surface area contributed by atoms with Crippen LogP contribution >= 0.6 is 45.9 Å². The molecule has 0 saturated carbocycles. The highest BCUT2D eigenvalue weighted by Gasteiger charge is 2.26. The first-order chi connectivity index (χ1) is 25.9. The second-order valence-electron chi connectivity index (χ2n) is 13.2. The number of anilines is 2. The van der Waals surface area contributed by atoms with Crippen LogP contribution in [0.25, 0.3) is 11.1 Å². The molecule has 54 heavy (non-hydrogen) atoms. The van der Waals surface area contributed by atoms with Crippen molar-refractivity contribution in [3.8, 4) is 16.9 Å². The molecule has 15 heteroatoms. The van der Waals surface area contributed by atoms with E-state index >= 15 is 0 Å². The van der Waals surface area contributed by atoms with Gasteiger partial charge >= 0.3 is 6.09 Å². The van der Waals surface area contributed by atoms with E-state index in [4.69, 9.17) is 38.4 Å². The maximum absolute atomic E-state index is 12.8. The number of nitrogens with one attached hydrogen (secondary N) is 1. The molecule has 1 aliphatic heterocycles. The Hall–Kier alpha value is -5.08. The molecular formula is C39H37Cl2N7O4S2. The number of hydrogen-bond acceptors (Lipinski definition) is 11. The molecule has 3 N–H and O–H groups in total. The average Bonchev–Trinajstić information content (AvgIpc) is 3.78. The van der Waals surface area contributed by atoms with Gasteiger partial charge in [0.25, 0.3) is 5.91 Å². The van der Waals surface area contributed by atoms with Crippen molar-refractivity contribution in [2.75, 3.05) is 17.6 Å². The normalized spacial score (nSPS) is 12.3. The third-order valence-corrected chi connectivity index (χ3v) is 10.2. The zero-order valence-corrected chi connectivity index (χ0v) is 32.9. The predicted molar refractivity (Wildman–Crippen MR) is 214 cm³/mol. The fourth-order valence-corrected chi connectivity index (χ4v) is 7.24. The zero-order valence-electron chi connectivity index (χ0n) is 29.7. The highest BCUT2D eigenvalue weighted by Crippen LogP contribution is 2.32. The van der Waals surface area contributed by atoms with Gasteiger partial charge in [0.05, 0.1) is 5.02 Å². The number of fused-ring (bicyclic) bond motifs is 1. The second-order valence-corrected chi connectivity index (χ2v) is 16.1. The lowest BCUT2D eigenvalue weighted by molar-refractivity contribution is 0.0223. The topological polar surface area (TPSA) is 145 Å². The molecule has 4 aromatic carbocycles. The zero-order chi connectivity index (χ0) is 38.2. The number of hydrogen-bond donors (Lipinski definition) is 2. The Morgan fingerprint density at radius 1 is 0.833 bits per heavy atom. The van der Waals surface area contributed by atoms with Gasteiger partial charge < -0.3 is 20.1 Å². The minimum absolute atomic E-state index is 0.199. The van der Waals surface area contributed by atoms with Gasteiger partial charge in [0.1, 0.15) is 23.0 Å². The molecule has 278 valence electrons. The Labute approximate surface area is 331 Å². The molecule has 0 atom stereocenters. The van der Waals surface area contributed by atoms with Crippen LogP contribution in [-0.2, 0) is 30.7 Å². The molecule has 0 saturated heterocycles. The van der Waals surface area contributed by atoms with Crippen LogP contribution in [0.3, 0.4) is 0 Å². The van der Waals surface area contributed by atoms with E-state index in [2.05, 4.69) is 37.8 Å². The average molecular weight is 803 g/mol. The lowest BCUT2D eigenvalue weighted by Gasteiger charge is -2.31. The van der Waals surface area contributed by atoms with Crippen molar-refractivity contribution in [1.82, 2.24) is 25.3 Å². The van der Waals surface area contributed by atoms with E-state index in [0.717, 1.165) is 37.8 Å². The predicted octanol–water partition coefficient (Wildman–Crippen LogP) is 9.35. The van der Waals surface area contributed by atoms with Crippen LogP contribution in [0.4, 0.5) is 15.1 Å². The van der Waals surface area contributed by atoms with E-state index < -0.39 is 5.60 Å². The molecule has 0 unspecified atom stereocenters. The van der Waals surface area contributed by atoms with Crippen LogP contribution in [0.15, 0.2) is 91.0 Å². The summed E-state index contributed by atoms with van der Waals surface area (Å²) in [6.07, 6.45) is 1.03. The molecule has 0 aliphatic carbocycles. The molecule has 0 fully saturated rings. The Kier molecular flexibility index (Phi) is 12.4. The van der Waals surface area contributed by atoms with E-state index in [-0.39, 0.29) is 18.6 Å². The van der Waals surface area contributed by atoms with Crippen LogP contribution in [0.1, 0.15) is 57.8 Å². The van der Waals surface area contributed by atoms with Gasteiger partial charge in [0.2, 0.25) is 10.3 Å². The standard InChI is InChI=1S/C24H25ClN4O4S.C15H12ClN3S/c1-24(2,3)33-23(31)29-11-10-15-12-16(8-9-17(15)13-29)21(30)26-22-28-27-20(34-22)14-32-19-7-5-4-6-18(19)25;16-13-8-4-3-7-12(13)11-6-2-1-5-10(11)9-14-18-19-15(17)20-14/h4-9,12H,10-11,13-14H2,1-3H3,(H,26,28,30);1-8H,9H2,(H2,17,19). The Bertz CT molecular complexity index is 2260. The number of carbonyl (C=O) groups excluding carboxylic acids is 2. The second kappa shape index (κ2) is 17.4. The number of benzene rings is 4. The molecule has 0 radical (unpaired) electrons. The molecule has 7 rings (SSSR count). The molecule has 1 aliphatic rings. The maximum atomic E-state index is 12.8. The summed E-state index contributed by atoms with van der Waals surface area (Å²) < 4.78 is 11.1. The summed E-state index contributed by atoms with van der Waals surface area (Å²) in [6.45, 7) is 6.74. The number of aromatic nitrogens is 4. The van der Waals surface area contributed by atoms with E-state index in [0.29, 0.717) is 57.5 Å². The summed E-state index contributed by atoms with van der Waals surface area (Å²) >= 11 is 15.0. The van der Waals surface area contributed by atoms with Crippen molar-refractivity contribution >= 4 is 68.1 Å². The summed E-state index contributed by atoms with van der Waals surface area (Å²) in [5.74, 6) is 0.288. The van der Waals surface area contributed by atoms with Crippen molar-refractivity contribution in [3.63, 3.8) is 0 Å². The van der Waals surface area contributed by atoms with E-state index in [1.54, 1.807) is 23.1 Å². The quantitative estimate of drug-likeness (QED) is 0.154. The Morgan fingerprint density at radius 3 is 2.26 bits per heavy atom. The third kappa shape index (κ3) is 10.3. The van der Waals surface area contributed by atoms with Crippen molar-refractivity contribution in [2.45, 2.75) is 52.4 Å². The summed E-state index contributed by atoms with van der Waals surface area (Å²) in [7, 11) is 0. The first-order valence-electron chi connectivity index (χ1n) is 16.9. The van der Waals surface area contributed by atoms with Crippen LogP contribution < -0.4 is 15.8 Å². The molecule has 3 heterocycles. The first kappa shape index (κ1) is 38.6.